The number of unbranched alkanes of at least 4 members (excludes halogenated alkanes) is 1. The van der Waals surface area contributed by atoms with Gasteiger partial charge in [0.1, 0.15) is 6.10 Å². The van der Waals surface area contributed by atoms with Crippen LogP contribution in [-0.4, -0.2) is 30.7 Å². The van der Waals surface area contributed by atoms with E-state index in [-0.39, 0.29) is 30.0 Å². The fourth-order valence-electron chi connectivity index (χ4n) is 2.28. The van der Waals surface area contributed by atoms with Gasteiger partial charge in [-0.1, -0.05) is 26.2 Å². The monoisotopic (exact) mass is 278 g/mol. The molecule has 0 spiro atoms. The maximum atomic E-state index is 12.0. The molecule has 1 atom stereocenters. The highest BCUT2D eigenvalue weighted by Gasteiger charge is 2.34. The van der Waals surface area contributed by atoms with Gasteiger partial charge in [0.25, 0.3) is 0 Å². The van der Waals surface area contributed by atoms with E-state index in [1.807, 2.05) is 6.92 Å². The van der Waals surface area contributed by atoms with Crippen LogP contribution in [0.4, 0.5) is 0 Å². The van der Waals surface area contributed by atoms with Crippen LogP contribution in [0.1, 0.15) is 52.4 Å². The van der Waals surface area contributed by atoms with Crippen molar-refractivity contribution >= 4 is 18.3 Å². The van der Waals surface area contributed by atoms with E-state index in [1.165, 1.54) is 0 Å². The van der Waals surface area contributed by atoms with Crippen LogP contribution in [0.3, 0.4) is 0 Å². The van der Waals surface area contributed by atoms with Gasteiger partial charge in [0.05, 0.1) is 5.54 Å². The summed E-state index contributed by atoms with van der Waals surface area (Å²) in [4.78, 5) is 12.0. The molecule has 0 aromatic carbocycles. The molecular weight excluding hydrogens is 252 g/mol. The van der Waals surface area contributed by atoms with E-state index in [2.05, 4.69) is 12.2 Å². The van der Waals surface area contributed by atoms with Crippen LogP contribution in [0, 0.1) is 0 Å². The fourth-order valence-corrected chi connectivity index (χ4v) is 2.28. The van der Waals surface area contributed by atoms with Crippen molar-refractivity contribution in [1.29, 1.82) is 0 Å². The molecule has 0 saturated heterocycles. The second-order valence-electron chi connectivity index (χ2n) is 5.05. The van der Waals surface area contributed by atoms with Gasteiger partial charge in [0, 0.05) is 13.2 Å². The first-order valence-corrected chi connectivity index (χ1v) is 6.77. The Balaban J connectivity index is 0.00000289. The summed E-state index contributed by atoms with van der Waals surface area (Å²) in [6.45, 7) is 5.10. The minimum atomic E-state index is -0.370. The molecule has 0 radical (unpaired) electrons. The highest BCUT2D eigenvalue weighted by Crippen LogP contribution is 2.28. The Morgan fingerprint density at radius 2 is 2.06 bits per heavy atom. The maximum absolute atomic E-state index is 12.0. The summed E-state index contributed by atoms with van der Waals surface area (Å²) in [5.74, 6) is -0.0200. The van der Waals surface area contributed by atoms with E-state index in [1.54, 1.807) is 0 Å². The number of nitrogens with two attached hydrogens (primary N) is 1. The molecule has 1 amide bonds. The second kappa shape index (κ2) is 8.73. The standard InChI is InChI=1S/C13H26N2O2.ClH/c1-3-4-9-17-11(2)12(16)15-13(10-14)7-5-6-8-13;/h11H,3-10,14H2,1-2H3,(H,15,16);1H. The molecular formula is C13H27ClN2O2. The summed E-state index contributed by atoms with van der Waals surface area (Å²) in [5.41, 5.74) is 5.62. The van der Waals surface area contributed by atoms with Crippen molar-refractivity contribution in [2.75, 3.05) is 13.2 Å². The van der Waals surface area contributed by atoms with E-state index >= 15 is 0 Å². The number of hydrogen-bond donors (Lipinski definition) is 2. The average Bonchev–Trinajstić information content (AvgIpc) is 2.78. The van der Waals surface area contributed by atoms with Crippen LogP contribution in [0.2, 0.25) is 0 Å². The Bertz CT molecular complexity index is 243. The third-order valence-electron chi connectivity index (χ3n) is 3.57. The van der Waals surface area contributed by atoms with Crippen LogP contribution >= 0.6 is 12.4 Å². The molecule has 5 heteroatoms. The van der Waals surface area contributed by atoms with Crippen LogP contribution in [0.15, 0.2) is 0 Å². The molecule has 1 aliphatic carbocycles. The van der Waals surface area contributed by atoms with Crippen molar-refractivity contribution in [2.24, 2.45) is 5.73 Å². The smallest absolute Gasteiger partial charge is 0.249 e. The highest BCUT2D eigenvalue weighted by molar-refractivity contribution is 5.85. The van der Waals surface area contributed by atoms with Gasteiger partial charge in [0.2, 0.25) is 5.91 Å². The first kappa shape index (κ1) is 17.7. The molecule has 0 bridgehead atoms. The minimum absolute atomic E-state index is 0. The van der Waals surface area contributed by atoms with Crippen molar-refractivity contribution in [2.45, 2.75) is 64.0 Å². The van der Waals surface area contributed by atoms with Gasteiger partial charge in [0.15, 0.2) is 0 Å². The predicted molar refractivity (Wildman–Crippen MR) is 76.0 cm³/mol. The number of carbonyl (C=O) groups is 1. The lowest BCUT2D eigenvalue weighted by atomic mass is 9.97. The lowest BCUT2D eigenvalue weighted by Gasteiger charge is -2.30. The van der Waals surface area contributed by atoms with Gasteiger partial charge in [-0.05, 0) is 26.2 Å². The van der Waals surface area contributed by atoms with Crippen LogP contribution in [0.25, 0.3) is 0 Å². The van der Waals surface area contributed by atoms with Gasteiger partial charge in [-0.2, -0.15) is 0 Å². The van der Waals surface area contributed by atoms with E-state index in [0.29, 0.717) is 13.2 Å². The van der Waals surface area contributed by atoms with E-state index in [4.69, 9.17) is 10.5 Å². The van der Waals surface area contributed by atoms with Crippen molar-refractivity contribution in [3.05, 3.63) is 0 Å². The number of ether oxygens (including phenoxy) is 1. The molecule has 1 fully saturated rings. The largest absolute Gasteiger partial charge is 0.369 e. The normalized spacial score (nSPS) is 19.1. The third-order valence-corrected chi connectivity index (χ3v) is 3.57. The lowest BCUT2D eigenvalue weighted by Crippen LogP contribution is -2.54. The molecule has 1 unspecified atom stereocenters. The number of rotatable bonds is 7. The summed E-state index contributed by atoms with van der Waals surface area (Å²) in [6, 6.07) is 0. The number of amides is 1. The zero-order valence-corrected chi connectivity index (χ0v) is 12.4. The first-order valence-electron chi connectivity index (χ1n) is 6.77. The summed E-state index contributed by atoms with van der Waals surface area (Å²) < 4.78 is 5.49. The molecule has 1 saturated carbocycles. The number of hydrogen-bond acceptors (Lipinski definition) is 3. The summed E-state index contributed by atoms with van der Waals surface area (Å²) in [7, 11) is 0. The lowest BCUT2D eigenvalue weighted by molar-refractivity contribution is -0.133. The molecule has 18 heavy (non-hydrogen) atoms. The summed E-state index contributed by atoms with van der Waals surface area (Å²) in [5, 5.41) is 3.08. The van der Waals surface area contributed by atoms with Crippen LogP contribution in [-0.2, 0) is 9.53 Å². The second-order valence-corrected chi connectivity index (χ2v) is 5.05. The van der Waals surface area contributed by atoms with Gasteiger partial charge in [-0.15, -0.1) is 12.4 Å². The predicted octanol–water partition coefficient (Wildman–Crippen LogP) is 2.00. The molecule has 0 aromatic heterocycles. The number of nitrogens with one attached hydrogen (secondary N) is 1. The maximum Gasteiger partial charge on any atom is 0.249 e. The van der Waals surface area contributed by atoms with Gasteiger partial charge < -0.3 is 15.8 Å². The molecule has 1 rings (SSSR count). The Hall–Kier alpha value is -0.320. The molecule has 1 aliphatic rings. The molecule has 0 aliphatic heterocycles. The number of halogens is 1. The highest BCUT2D eigenvalue weighted by atomic mass is 35.5. The molecule has 4 nitrogen and oxygen atoms in total. The third kappa shape index (κ3) is 5.12. The molecule has 0 heterocycles. The molecule has 0 aromatic rings. The van der Waals surface area contributed by atoms with Gasteiger partial charge >= 0.3 is 0 Å². The van der Waals surface area contributed by atoms with E-state index < -0.39 is 0 Å². The zero-order valence-electron chi connectivity index (χ0n) is 11.5. The Labute approximate surface area is 116 Å². The van der Waals surface area contributed by atoms with Gasteiger partial charge in [-0.25, -0.2) is 0 Å². The summed E-state index contributed by atoms with van der Waals surface area (Å²) >= 11 is 0. The van der Waals surface area contributed by atoms with Crippen molar-refractivity contribution in [3.8, 4) is 0 Å². The Morgan fingerprint density at radius 1 is 1.44 bits per heavy atom. The van der Waals surface area contributed by atoms with Crippen molar-refractivity contribution < 1.29 is 9.53 Å². The Morgan fingerprint density at radius 3 is 2.56 bits per heavy atom. The minimum Gasteiger partial charge on any atom is -0.369 e. The SMILES string of the molecule is CCCCOC(C)C(=O)NC1(CN)CCCC1.Cl. The topological polar surface area (TPSA) is 64.3 Å². The van der Waals surface area contributed by atoms with Crippen LogP contribution in [0.5, 0.6) is 0 Å². The van der Waals surface area contributed by atoms with Crippen LogP contribution < -0.4 is 11.1 Å². The average molecular weight is 279 g/mol. The number of carbonyl (C=O) groups excluding carboxylic acids is 1. The van der Waals surface area contributed by atoms with Gasteiger partial charge in [-0.3, -0.25) is 4.79 Å². The van der Waals surface area contributed by atoms with Crippen molar-refractivity contribution in [1.82, 2.24) is 5.32 Å². The Kier molecular flexibility index (Phi) is 8.57. The quantitative estimate of drug-likeness (QED) is 0.700. The fraction of sp³-hybridized carbons (Fsp3) is 0.923. The van der Waals surface area contributed by atoms with E-state index in [0.717, 1.165) is 38.5 Å². The molecule has 108 valence electrons. The van der Waals surface area contributed by atoms with E-state index in [9.17, 15) is 4.79 Å². The molecule has 3 N–H and O–H groups in total. The summed E-state index contributed by atoms with van der Waals surface area (Å²) in [6.07, 6.45) is 6.02. The first-order chi connectivity index (χ1) is 8.13. The van der Waals surface area contributed by atoms with Crippen molar-refractivity contribution in [3.63, 3.8) is 0 Å². The zero-order chi connectivity index (χ0) is 12.7.